The first kappa shape index (κ1) is 18.3. The SMILES string of the molecule is CC1(C)CCCCC1(C)C[S+](C1CCCCC1=O)S(=O)(=O)[O-]. The number of hydrogen-bond acceptors (Lipinski definition) is 4. The fourth-order valence-corrected chi connectivity index (χ4v) is 9.16. The Kier molecular flexibility index (Phi) is 5.35. The van der Waals surface area contributed by atoms with Gasteiger partial charge in [0.05, 0.1) is 0 Å². The minimum absolute atomic E-state index is 0.00813. The van der Waals surface area contributed by atoms with Crippen LogP contribution in [0.15, 0.2) is 0 Å². The zero-order valence-electron chi connectivity index (χ0n) is 13.9. The van der Waals surface area contributed by atoms with E-state index in [1.165, 1.54) is 0 Å². The van der Waals surface area contributed by atoms with Crippen LogP contribution in [0.5, 0.6) is 0 Å². The van der Waals surface area contributed by atoms with E-state index in [2.05, 4.69) is 20.8 Å². The molecule has 2 fully saturated rings. The first-order chi connectivity index (χ1) is 10.1. The van der Waals surface area contributed by atoms with Crippen LogP contribution in [0.2, 0.25) is 0 Å². The number of carbonyl (C=O) groups excluding carboxylic acids is 1. The quantitative estimate of drug-likeness (QED) is 0.444. The lowest BCUT2D eigenvalue weighted by Crippen LogP contribution is -2.49. The van der Waals surface area contributed by atoms with Crippen LogP contribution in [0.25, 0.3) is 0 Å². The smallest absolute Gasteiger partial charge is 0.273 e. The van der Waals surface area contributed by atoms with Gasteiger partial charge < -0.3 is 4.55 Å². The van der Waals surface area contributed by atoms with Gasteiger partial charge in [-0.3, -0.25) is 4.79 Å². The number of hydrogen-bond donors (Lipinski definition) is 0. The Morgan fingerprint density at radius 2 is 1.77 bits per heavy atom. The van der Waals surface area contributed by atoms with Crippen molar-refractivity contribution in [1.82, 2.24) is 0 Å². The molecule has 0 aliphatic heterocycles. The van der Waals surface area contributed by atoms with E-state index < -0.39 is 24.3 Å². The summed E-state index contributed by atoms with van der Waals surface area (Å²) < 4.78 is 35.7. The highest BCUT2D eigenvalue weighted by Gasteiger charge is 2.53. The van der Waals surface area contributed by atoms with Crippen molar-refractivity contribution in [1.29, 1.82) is 0 Å². The topological polar surface area (TPSA) is 74.3 Å². The lowest BCUT2D eigenvalue weighted by molar-refractivity contribution is -0.119. The molecule has 0 amide bonds. The van der Waals surface area contributed by atoms with Gasteiger partial charge in [0.25, 0.3) is 9.15 Å². The summed E-state index contributed by atoms with van der Waals surface area (Å²) in [6.07, 6.45) is 6.92. The van der Waals surface area contributed by atoms with Gasteiger partial charge in [-0.05, 0) is 31.1 Å². The molecule has 4 nitrogen and oxygen atoms in total. The van der Waals surface area contributed by atoms with Crippen LogP contribution in [-0.2, 0) is 23.9 Å². The minimum Gasteiger partial charge on any atom is -0.707 e. The highest BCUT2D eigenvalue weighted by Crippen LogP contribution is 2.52. The second-order valence-electron chi connectivity index (χ2n) is 7.79. The van der Waals surface area contributed by atoms with Gasteiger partial charge >= 0.3 is 0 Å². The predicted molar refractivity (Wildman–Crippen MR) is 89.5 cm³/mol. The molecule has 2 aliphatic carbocycles. The molecule has 22 heavy (non-hydrogen) atoms. The number of carbonyl (C=O) groups is 1. The van der Waals surface area contributed by atoms with Crippen molar-refractivity contribution in [3.63, 3.8) is 0 Å². The summed E-state index contributed by atoms with van der Waals surface area (Å²) in [7, 11) is -5.80. The van der Waals surface area contributed by atoms with Crippen LogP contribution in [-0.4, -0.2) is 29.8 Å². The monoisotopic (exact) mass is 348 g/mol. The summed E-state index contributed by atoms with van der Waals surface area (Å²) in [6, 6.07) is 0. The van der Waals surface area contributed by atoms with Crippen molar-refractivity contribution >= 4 is 24.9 Å². The Morgan fingerprint density at radius 1 is 1.14 bits per heavy atom. The molecule has 0 bridgehead atoms. The fraction of sp³-hybridized carbons (Fsp3) is 0.938. The van der Waals surface area contributed by atoms with Gasteiger partial charge in [-0.1, -0.05) is 33.6 Å². The third-order valence-electron chi connectivity index (χ3n) is 5.95. The van der Waals surface area contributed by atoms with E-state index in [1.54, 1.807) is 0 Å². The fourth-order valence-electron chi connectivity index (χ4n) is 3.85. The van der Waals surface area contributed by atoms with Gasteiger partial charge in [0.15, 0.2) is 11.0 Å². The van der Waals surface area contributed by atoms with Crippen molar-refractivity contribution in [2.24, 2.45) is 10.8 Å². The molecule has 0 heterocycles. The zero-order valence-corrected chi connectivity index (χ0v) is 15.5. The van der Waals surface area contributed by atoms with Crippen molar-refractivity contribution in [3.8, 4) is 0 Å². The number of rotatable bonds is 4. The van der Waals surface area contributed by atoms with Crippen molar-refractivity contribution in [2.75, 3.05) is 5.75 Å². The Bertz CT molecular complexity index is 526. The van der Waals surface area contributed by atoms with Crippen molar-refractivity contribution in [3.05, 3.63) is 0 Å². The maximum absolute atomic E-state index is 12.2. The van der Waals surface area contributed by atoms with E-state index in [0.29, 0.717) is 18.6 Å². The van der Waals surface area contributed by atoms with E-state index >= 15 is 0 Å². The van der Waals surface area contributed by atoms with E-state index in [1.807, 2.05) is 0 Å². The average molecular weight is 349 g/mol. The molecular weight excluding hydrogens is 320 g/mol. The lowest BCUT2D eigenvalue weighted by Gasteiger charge is -2.47. The first-order valence-electron chi connectivity index (χ1n) is 8.26. The molecule has 3 atom stereocenters. The molecule has 0 aromatic rings. The Morgan fingerprint density at radius 3 is 2.32 bits per heavy atom. The molecule has 0 spiro atoms. The van der Waals surface area contributed by atoms with E-state index in [0.717, 1.165) is 38.5 Å². The van der Waals surface area contributed by atoms with Crippen LogP contribution < -0.4 is 0 Å². The van der Waals surface area contributed by atoms with Crippen molar-refractivity contribution in [2.45, 2.75) is 77.4 Å². The van der Waals surface area contributed by atoms with E-state index in [4.69, 9.17) is 0 Å². The summed E-state index contributed by atoms with van der Waals surface area (Å²) in [5.41, 5.74) is -0.164. The van der Waals surface area contributed by atoms with Crippen molar-refractivity contribution < 1.29 is 17.8 Å². The maximum Gasteiger partial charge on any atom is 0.273 e. The molecule has 3 unspecified atom stereocenters. The molecule has 0 aromatic heterocycles. The third-order valence-corrected chi connectivity index (χ3v) is 11.2. The van der Waals surface area contributed by atoms with E-state index in [-0.39, 0.29) is 16.6 Å². The zero-order chi connectivity index (χ0) is 16.6. The molecule has 0 N–H and O–H groups in total. The molecule has 2 saturated carbocycles. The average Bonchev–Trinajstić information content (AvgIpc) is 2.40. The summed E-state index contributed by atoms with van der Waals surface area (Å²) in [4.78, 5) is 12.2. The first-order valence-corrected chi connectivity index (χ1v) is 11.6. The van der Waals surface area contributed by atoms with Gasteiger partial charge in [0.1, 0.15) is 15.7 Å². The van der Waals surface area contributed by atoms with Gasteiger partial charge in [-0.2, -0.15) is 8.42 Å². The molecule has 2 rings (SSSR count). The second kappa shape index (κ2) is 6.44. The highest BCUT2D eigenvalue weighted by atomic mass is 33.2. The van der Waals surface area contributed by atoms with Gasteiger partial charge in [0.2, 0.25) is 0 Å². The molecule has 0 radical (unpaired) electrons. The summed E-state index contributed by atoms with van der Waals surface area (Å²) >= 11 is 0. The summed E-state index contributed by atoms with van der Waals surface area (Å²) in [5, 5.41) is -0.550. The van der Waals surface area contributed by atoms with Crippen LogP contribution in [0.1, 0.15) is 72.1 Å². The van der Waals surface area contributed by atoms with Crippen LogP contribution in [0, 0.1) is 10.8 Å². The standard InChI is InChI=1S/C16H28O4S2/c1-15(2)10-6-7-11-16(15,3)12-21(22(18,19)20)14-9-5-4-8-13(14)17/h14H,4-12H2,1-3H3. The Balaban J connectivity index is 2.29. The van der Waals surface area contributed by atoms with Crippen LogP contribution in [0.4, 0.5) is 0 Å². The van der Waals surface area contributed by atoms with Gasteiger partial charge in [0, 0.05) is 18.3 Å². The Labute approximate surface area is 136 Å². The molecule has 128 valence electrons. The predicted octanol–water partition coefficient (Wildman–Crippen LogP) is 3.18. The molecule has 0 aromatic carbocycles. The third kappa shape index (κ3) is 3.70. The summed E-state index contributed by atoms with van der Waals surface area (Å²) in [5.74, 6) is 0.355. The van der Waals surface area contributed by atoms with E-state index in [9.17, 15) is 17.8 Å². The number of Topliss-reactive ketones (excluding diaryl/α,β-unsaturated/α-hetero) is 1. The maximum atomic E-state index is 12.2. The van der Waals surface area contributed by atoms with Gasteiger partial charge in [-0.25, -0.2) is 0 Å². The van der Waals surface area contributed by atoms with Gasteiger partial charge in [-0.15, -0.1) is 0 Å². The lowest BCUT2D eigenvalue weighted by atomic mass is 9.60. The largest absolute Gasteiger partial charge is 0.707 e. The van der Waals surface area contributed by atoms with Crippen LogP contribution >= 0.6 is 0 Å². The normalized spacial score (nSPS) is 34.4. The van der Waals surface area contributed by atoms with Crippen LogP contribution in [0.3, 0.4) is 0 Å². The Hall–Kier alpha value is -0.0700. The minimum atomic E-state index is -4.43. The highest BCUT2D eigenvalue weighted by molar-refractivity contribution is 8.67. The number of ketones is 1. The molecule has 0 saturated heterocycles. The second-order valence-corrected chi connectivity index (χ2v) is 12.7. The molecule has 2 aliphatic rings. The molecular formula is C16H28O4S2. The summed E-state index contributed by atoms with van der Waals surface area (Å²) in [6.45, 7) is 6.46. The molecule has 6 heteroatoms.